The predicted octanol–water partition coefficient (Wildman–Crippen LogP) is 1.34. The molecule has 4 heteroatoms. The van der Waals surface area contributed by atoms with E-state index >= 15 is 0 Å². The minimum Gasteiger partial charge on any atom is -0.512 e. The molecule has 0 aliphatic rings. The molecule has 1 heterocycles. The Labute approximate surface area is 62.8 Å². The maximum Gasteiger partial charge on any atom is 0.134 e. The van der Waals surface area contributed by atoms with E-state index in [-0.39, 0.29) is 5.76 Å². The Kier molecular flexibility index (Phi) is 1.91. The smallest absolute Gasteiger partial charge is 0.134 e. The number of allylic oxidation sites excluding steroid dienone is 1. The summed E-state index contributed by atoms with van der Waals surface area (Å²) >= 11 is 1.42. The molecule has 0 atom stereocenters. The number of aromatic nitrogens is 1. The molecule has 10 heavy (non-hydrogen) atoms. The van der Waals surface area contributed by atoms with Gasteiger partial charge in [0.05, 0.1) is 12.2 Å². The lowest BCUT2D eigenvalue weighted by Gasteiger charge is -1.89. The van der Waals surface area contributed by atoms with Gasteiger partial charge in [-0.25, -0.2) is 4.98 Å². The highest BCUT2D eigenvalue weighted by molar-refractivity contribution is 7.10. The molecule has 0 spiro atoms. The number of rotatable bonds is 2. The van der Waals surface area contributed by atoms with Crippen LogP contribution in [0, 0.1) is 0 Å². The fourth-order valence-electron chi connectivity index (χ4n) is 0.581. The van der Waals surface area contributed by atoms with E-state index in [1.165, 1.54) is 11.3 Å². The first kappa shape index (κ1) is 7.08. The number of aliphatic hydroxyl groups excluding tert-OH is 1. The number of hydrogen-bond donors (Lipinski definition) is 2. The van der Waals surface area contributed by atoms with Gasteiger partial charge < -0.3 is 10.8 Å². The van der Waals surface area contributed by atoms with Gasteiger partial charge in [0.1, 0.15) is 10.8 Å². The molecule has 0 radical (unpaired) electrons. The third-order valence-electron chi connectivity index (χ3n) is 0.925. The molecule has 1 aromatic rings. The van der Waals surface area contributed by atoms with Gasteiger partial charge in [-0.3, -0.25) is 0 Å². The molecule has 0 unspecified atom stereocenters. The second-order valence-electron chi connectivity index (χ2n) is 1.91. The van der Waals surface area contributed by atoms with Crippen molar-refractivity contribution >= 4 is 17.2 Å². The van der Waals surface area contributed by atoms with Crippen LogP contribution in [0.2, 0.25) is 0 Å². The number of thiazole rings is 1. The van der Waals surface area contributed by atoms with Gasteiger partial charge in [0.15, 0.2) is 0 Å². The van der Waals surface area contributed by atoms with Crippen LogP contribution in [0.3, 0.4) is 0 Å². The number of hydrogen-bond acceptors (Lipinski definition) is 4. The SMILES string of the molecule is C=C(O)Cc1nc(N)cs1. The third kappa shape index (κ3) is 1.73. The monoisotopic (exact) mass is 156 g/mol. The molecular formula is C6H8N2OS. The second kappa shape index (κ2) is 2.70. The fourth-order valence-corrected chi connectivity index (χ4v) is 1.30. The summed E-state index contributed by atoms with van der Waals surface area (Å²) in [5.41, 5.74) is 5.34. The maximum atomic E-state index is 8.75. The highest BCUT2D eigenvalue weighted by atomic mass is 32.1. The normalized spacial score (nSPS) is 9.60. The Morgan fingerprint density at radius 2 is 2.60 bits per heavy atom. The zero-order chi connectivity index (χ0) is 7.56. The summed E-state index contributed by atoms with van der Waals surface area (Å²) in [5, 5.41) is 11.3. The van der Waals surface area contributed by atoms with Crippen molar-refractivity contribution < 1.29 is 5.11 Å². The van der Waals surface area contributed by atoms with Crippen LogP contribution in [0.1, 0.15) is 5.01 Å². The topological polar surface area (TPSA) is 59.1 Å². The lowest BCUT2D eigenvalue weighted by Crippen LogP contribution is -1.88. The molecule has 1 rings (SSSR count). The van der Waals surface area contributed by atoms with Crippen LogP contribution >= 0.6 is 11.3 Å². The summed E-state index contributed by atoms with van der Waals surface area (Å²) in [7, 11) is 0. The van der Waals surface area contributed by atoms with Crippen molar-refractivity contribution in [3.8, 4) is 0 Å². The first-order chi connectivity index (χ1) is 4.68. The van der Waals surface area contributed by atoms with Gasteiger partial charge in [0.2, 0.25) is 0 Å². The Balaban J connectivity index is 2.67. The van der Waals surface area contributed by atoms with Gasteiger partial charge in [-0.1, -0.05) is 6.58 Å². The second-order valence-corrected chi connectivity index (χ2v) is 2.85. The summed E-state index contributed by atoms with van der Waals surface area (Å²) < 4.78 is 0. The van der Waals surface area contributed by atoms with Crippen LogP contribution in [0.4, 0.5) is 5.82 Å². The standard InChI is InChI=1S/C6H8N2OS/c1-4(9)2-6-8-5(7)3-10-6/h3,9H,1-2,7H2. The quantitative estimate of drug-likeness (QED) is 0.635. The van der Waals surface area contributed by atoms with E-state index in [0.29, 0.717) is 12.2 Å². The van der Waals surface area contributed by atoms with Gasteiger partial charge in [-0.05, 0) is 0 Å². The van der Waals surface area contributed by atoms with Crippen molar-refractivity contribution in [1.82, 2.24) is 4.98 Å². The lowest BCUT2D eigenvalue weighted by molar-refractivity contribution is 0.401. The Morgan fingerprint density at radius 3 is 3.00 bits per heavy atom. The van der Waals surface area contributed by atoms with Crippen LogP contribution in [0.25, 0.3) is 0 Å². The Bertz CT molecular complexity index is 244. The van der Waals surface area contributed by atoms with Gasteiger partial charge in [-0.15, -0.1) is 11.3 Å². The summed E-state index contributed by atoms with van der Waals surface area (Å²) in [5.74, 6) is 0.621. The minimum absolute atomic E-state index is 0.120. The molecule has 1 aromatic heterocycles. The number of nitrogens with two attached hydrogens (primary N) is 1. The van der Waals surface area contributed by atoms with Crippen molar-refractivity contribution in [2.75, 3.05) is 5.73 Å². The first-order valence-electron chi connectivity index (χ1n) is 2.75. The number of nitrogen functional groups attached to an aromatic ring is 1. The highest BCUT2D eigenvalue weighted by Crippen LogP contribution is 2.12. The van der Waals surface area contributed by atoms with Gasteiger partial charge >= 0.3 is 0 Å². The van der Waals surface area contributed by atoms with Crippen LogP contribution in [0.15, 0.2) is 17.7 Å². The van der Waals surface area contributed by atoms with Crippen molar-refractivity contribution in [2.24, 2.45) is 0 Å². The molecule has 0 bridgehead atoms. The molecular weight excluding hydrogens is 148 g/mol. The summed E-state index contributed by atoms with van der Waals surface area (Å²) in [6.07, 6.45) is 0.405. The molecule has 54 valence electrons. The van der Waals surface area contributed by atoms with Crippen molar-refractivity contribution in [2.45, 2.75) is 6.42 Å². The third-order valence-corrected chi connectivity index (χ3v) is 1.79. The molecule has 0 aliphatic heterocycles. The number of nitrogens with zero attached hydrogens (tertiary/aromatic N) is 1. The molecule has 0 fully saturated rings. The van der Waals surface area contributed by atoms with Crippen LogP contribution < -0.4 is 5.73 Å². The molecule has 3 N–H and O–H groups in total. The summed E-state index contributed by atoms with van der Waals surface area (Å²) in [6.45, 7) is 3.34. The summed E-state index contributed by atoms with van der Waals surface area (Å²) in [4.78, 5) is 3.93. The van der Waals surface area contributed by atoms with Crippen LogP contribution in [0.5, 0.6) is 0 Å². The van der Waals surface area contributed by atoms with E-state index in [2.05, 4.69) is 11.6 Å². The van der Waals surface area contributed by atoms with Crippen molar-refractivity contribution in [1.29, 1.82) is 0 Å². The molecule has 3 nitrogen and oxygen atoms in total. The van der Waals surface area contributed by atoms with Crippen molar-refractivity contribution in [3.63, 3.8) is 0 Å². The van der Waals surface area contributed by atoms with Crippen molar-refractivity contribution in [3.05, 3.63) is 22.7 Å². The molecule has 0 amide bonds. The average molecular weight is 156 g/mol. The van der Waals surface area contributed by atoms with E-state index < -0.39 is 0 Å². The van der Waals surface area contributed by atoms with E-state index in [4.69, 9.17) is 10.8 Å². The molecule has 0 aliphatic carbocycles. The Hall–Kier alpha value is -1.03. The summed E-state index contributed by atoms with van der Waals surface area (Å²) in [6, 6.07) is 0. The lowest BCUT2D eigenvalue weighted by atomic mass is 10.4. The average Bonchev–Trinajstić information content (AvgIpc) is 2.13. The Morgan fingerprint density at radius 1 is 1.90 bits per heavy atom. The largest absolute Gasteiger partial charge is 0.512 e. The minimum atomic E-state index is 0.120. The predicted molar refractivity (Wildman–Crippen MR) is 42.0 cm³/mol. The molecule has 0 saturated carbocycles. The van der Waals surface area contributed by atoms with E-state index in [1.54, 1.807) is 5.38 Å². The first-order valence-corrected chi connectivity index (χ1v) is 3.63. The number of aliphatic hydroxyl groups is 1. The van der Waals surface area contributed by atoms with Gasteiger partial charge in [-0.2, -0.15) is 0 Å². The van der Waals surface area contributed by atoms with Crippen LogP contribution in [-0.2, 0) is 6.42 Å². The van der Waals surface area contributed by atoms with E-state index in [0.717, 1.165) is 5.01 Å². The highest BCUT2D eigenvalue weighted by Gasteiger charge is 1.98. The van der Waals surface area contributed by atoms with E-state index in [1.807, 2.05) is 0 Å². The van der Waals surface area contributed by atoms with E-state index in [9.17, 15) is 0 Å². The maximum absolute atomic E-state index is 8.75. The number of anilines is 1. The zero-order valence-electron chi connectivity index (χ0n) is 5.37. The molecule has 0 saturated heterocycles. The fraction of sp³-hybridized carbons (Fsp3) is 0.167. The van der Waals surface area contributed by atoms with Gasteiger partial charge in [0.25, 0.3) is 0 Å². The zero-order valence-corrected chi connectivity index (χ0v) is 6.19. The molecule has 0 aromatic carbocycles. The van der Waals surface area contributed by atoms with Crippen LogP contribution in [-0.4, -0.2) is 10.1 Å². The van der Waals surface area contributed by atoms with Gasteiger partial charge in [0, 0.05) is 5.38 Å².